The summed E-state index contributed by atoms with van der Waals surface area (Å²) in [4.78, 5) is 24.4. The van der Waals surface area contributed by atoms with Gasteiger partial charge in [-0.1, -0.05) is 42.5 Å². The number of anilines is 1. The maximum Gasteiger partial charge on any atom is 0.253 e. The molecular formula is C20H23N3O2. The summed E-state index contributed by atoms with van der Waals surface area (Å²) in [5, 5.41) is 8.86. The summed E-state index contributed by atoms with van der Waals surface area (Å²) in [6, 6.07) is 17.3. The van der Waals surface area contributed by atoms with Gasteiger partial charge in [-0.2, -0.15) is 0 Å². The number of para-hydroxylation sites is 1. The van der Waals surface area contributed by atoms with E-state index in [9.17, 15) is 9.59 Å². The fraction of sp³-hybridized carbons (Fsp3) is 0.300. The molecule has 0 aliphatic heterocycles. The van der Waals surface area contributed by atoms with Gasteiger partial charge in [0.05, 0.1) is 17.6 Å². The summed E-state index contributed by atoms with van der Waals surface area (Å²) < 4.78 is 0. The first-order valence-electron chi connectivity index (χ1n) is 8.56. The van der Waals surface area contributed by atoms with Crippen molar-refractivity contribution in [1.82, 2.24) is 10.6 Å². The van der Waals surface area contributed by atoms with Gasteiger partial charge in [-0.3, -0.25) is 9.59 Å². The molecule has 1 aliphatic rings. The molecule has 0 heterocycles. The van der Waals surface area contributed by atoms with Crippen molar-refractivity contribution in [3.05, 3.63) is 65.7 Å². The molecule has 5 heteroatoms. The number of hydrogen-bond acceptors (Lipinski definition) is 3. The van der Waals surface area contributed by atoms with Crippen molar-refractivity contribution in [2.45, 2.75) is 24.8 Å². The van der Waals surface area contributed by atoms with Gasteiger partial charge in [0, 0.05) is 12.7 Å². The van der Waals surface area contributed by atoms with E-state index in [0.29, 0.717) is 11.3 Å². The van der Waals surface area contributed by atoms with Crippen LogP contribution in [0.15, 0.2) is 54.6 Å². The highest BCUT2D eigenvalue weighted by Gasteiger charge is 2.39. The van der Waals surface area contributed by atoms with Crippen molar-refractivity contribution < 1.29 is 9.59 Å². The van der Waals surface area contributed by atoms with E-state index in [2.05, 4.69) is 28.1 Å². The molecule has 3 N–H and O–H groups in total. The average Bonchev–Trinajstić information content (AvgIpc) is 2.63. The van der Waals surface area contributed by atoms with Crippen LogP contribution in [0.1, 0.15) is 35.2 Å². The van der Waals surface area contributed by atoms with Crippen LogP contribution in [0.25, 0.3) is 0 Å². The van der Waals surface area contributed by atoms with Gasteiger partial charge in [0.25, 0.3) is 5.91 Å². The van der Waals surface area contributed by atoms with Crippen LogP contribution < -0.4 is 16.0 Å². The number of carbonyl (C=O) groups excluding carboxylic acids is 2. The van der Waals surface area contributed by atoms with Crippen LogP contribution in [0, 0.1) is 0 Å². The SMILES string of the molecule is CNC(=O)c1ccccc1NCC(=O)NC1(c2ccccc2)CCC1. The molecule has 0 saturated heterocycles. The minimum Gasteiger partial charge on any atom is -0.376 e. The van der Waals surface area contributed by atoms with Gasteiger partial charge < -0.3 is 16.0 Å². The molecule has 1 aliphatic carbocycles. The zero-order chi connectivity index (χ0) is 17.7. The van der Waals surface area contributed by atoms with E-state index >= 15 is 0 Å². The molecule has 3 rings (SSSR count). The summed E-state index contributed by atoms with van der Waals surface area (Å²) in [5.41, 5.74) is 2.08. The molecule has 0 radical (unpaired) electrons. The highest BCUT2D eigenvalue weighted by atomic mass is 16.2. The third-order valence-electron chi connectivity index (χ3n) is 4.75. The van der Waals surface area contributed by atoms with E-state index in [4.69, 9.17) is 0 Å². The Kier molecular flexibility index (Phi) is 5.03. The van der Waals surface area contributed by atoms with Gasteiger partial charge in [-0.25, -0.2) is 0 Å². The third kappa shape index (κ3) is 3.65. The van der Waals surface area contributed by atoms with Crippen molar-refractivity contribution in [1.29, 1.82) is 0 Å². The number of amides is 2. The summed E-state index contributed by atoms with van der Waals surface area (Å²) in [6.07, 6.45) is 3.03. The lowest BCUT2D eigenvalue weighted by molar-refractivity contribution is -0.122. The fourth-order valence-corrected chi connectivity index (χ4v) is 3.23. The number of hydrogen-bond donors (Lipinski definition) is 3. The largest absolute Gasteiger partial charge is 0.376 e. The van der Waals surface area contributed by atoms with E-state index in [0.717, 1.165) is 24.8 Å². The van der Waals surface area contributed by atoms with Crippen molar-refractivity contribution in [3.8, 4) is 0 Å². The Hall–Kier alpha value is -2.82. The highest BCUT2D eigenvalue weighted by Crippen LogP contribution is 2.41. The number of carbonyl (C=O) groups is 2. The van der Waals surface area contributed by atoms with E-state index in [-0.39, 0.29) is 23.9 Å². The third-order valence-corrected chi connectivity index (χ3v) is 4.75. The summed E-state index contributed by atoms with van der Waals surface area (Å²) >= 11 is 0. The van der Waals surface area contributed by atoms with Gasteiger partial charge in [0.15, 0.2) is 0 Å². The molecular weight excluding hydrogens is 314 g/mol. The van der Waals surface area contributed by atoms with Crippen molar-refractivity contribution in [2.75, 3.05) is 18.9 Å². The standard InChI is InChI=1S/C20H23N3O2/c1-21-19(25)16-10-5-6-11-17(16)22-14-18(24)23-20(12-7-13-20)15-8-3-2-4-9-15/h2-6,8-11,22H,7,12-14H2,1H3,(H,21,25)(H,23,24). The van der Waals surface area contributed by atoms with Gasteiger partial charge in [-0.05, 0) is 37.0 Å². The summed E-state index contributed by atoms with van der Waals surface area (Å²) in [6.45, 7) is 0.128. The first kappa shape index (κ1) is 17.0. The summed E-state index contributed by atoms with van der Waals surface area (Å²) in [5.74, 6) is -0.251. The minimum absolute atomic E-state index is 0.0738. The first-order valence-corrected chi connectivity index (χ1v) is 8.56. The second-order valence-electron chi connectivity index (χ2n) is 6.33. The van der Waals surface area contributed by atoms with Gasteiger partial charge in [-0.15, -0.1) is 0 Å². The maximum absolute atomic E-state index is 12.5. The summed E-state index contributed by atoms with van der Waals surface area (Å²) in [7, 11) is 1.59. The monoisotopic (exact) mass is 337 g/mol. The quantitative estimate of drug-likeness (QED) is 0.759. The average molecular weight is 337 g/mol. The second-order valence-corrected chi connectivity index (χ2v) is 6.33. The fourth-order valence-electron chi connectivity index (χ4n) is 3.23. The Morgan fingerprint density at radius 2 is 1.68 bits per heavy atom. The Labute approximate surface area is 147 Å². The Morgan fingerprint density at radius 1 is 1.00 bits per heavy atom. The van der Waals surface area contributed by atoms with E-state index in [1.807, 2.05) is 24.3 Å². The zero-order valence-corrected chi connectivity index (χ0v) is 14.3. The van der Waals surface area contributed by atoms with Gasteiger partial charge in [0.2, 0.25) is 5.91 Å². The molecule has 1 saturated carbocycles. The molecule has 2 amide bonds. The lowest BCUT2D eigenvalue weighted by atomic mass is 9.72. The molecule has 0 atom stereocenters. The maximum atomic E-state index is 12.5. The molecule has 130 valence electrons. The predicted octanol–water partition coefficient (Wildman–Crippen LogP) is 2.65. The molecule has 0 bridgehead atoms. The Morgan fingerprint density at radius 3 is 2.32 bits per heavy atom. The van der Waals surface area contributed by atoms with Crippen molar-refractivity contribution >= 4 is 17.5 Å². The van der Waals surface area contributed by atoms with Gasteiger partial charge in [0.1, 0.15) is 0 Å². The van der Waals surface area contributed by atoms with Crippen LogP contribution in [-0.2, 0) is 10.3 Å². The lowest BCUT2D eigenvalue weighted by Crippen LogP contribution is -2.52. The van der Waals surface area contributed by atoms with Crippen LogP contribution in [0.4, 0.5) is 5.69 Å². The van der Waals surface area contributed by atoms with Crippen molar-refractivity contribution in [2.24, 2.45) is 0 Å². The lowest BCUT2D eigenvalue weighted by Gasteiger charge is -2.43. The van der Waals surface area contributed by atoms with Crippen LogP contribution in [0.3, 0.4) is 0 Å². The van der Waals surface area contributed by atoms with Crippen LogP contribution in [0.5, 0.6) is 0 Å². The molecule has 25 heavy (non-hydrogen) atoms. The molecule has 0 unspecified atom stereocenters. The number of benzene rings is 2. The van der Waals surface area contributed by atoms with Crippen molar-refractivity contribution in [3.63, 3.8) is 0 Å². The predicted molar refractivity (Wildman–Crippen MR) is 98.4 cm³/mol. The smallest absolute Gasteiger partial charge is 0.253 e. The minimum atomic E-state index is -0.250. The second kappa shape index (κ2) is 7.38. The van der Waals surface area contributed by atoms with E-state index in [1.54, 1.807) is 25.2 Å². The normalized spacial score (nSPS) is 14.9. The topological polar surface area (TPSA) is 70.2 Å². The Bertz CT molecular complexity index is 755. The van der Waals surface area contributed by atoms with Gasteiger partial charge >= 0.3 is 0 Å². The van der Waals surface area contributed by atoms with E-state index in [1.165, 1.54) is 0 Å². The molecule has 1 fully saturated rings. The van der Waals surface area contributed by atoms with Crippen LogP contribution in [-0.4, -0.2) is 25.4 Å². The van der Waals surface area contributed by atoms with Crippen LogP contribution in [0.2, 0.25) is 0 Å². The molecule has 5 nitrogen and oxygen atoms in total. The molecule has 0 aromatic heterocycles. The Balaban J connectivity index is 1.65. The van der Waals surface area contributed by atoms with Crippen LogP contribution >= 0.6 is 0 Å². The van der Waals surface area contributed by atoms with E-state index < -0.39 is 0 Å². The number of rotatable bonds is 6. The highest BCUT2D eigenvalue weighted by molar-refractivity contribution is 5.99. The molecule has 0 spiro atoms. The zero-order valence-electron chi connectivity index (χ0n) is 14.3. The molecule has 2 aromatic rings. The molecule has 2 aromatic carbocycles. The number of nitrogens with one attached hydrogen (secondary N) is 3. The first-order chi connectivity index (χ1) is 12.1.